The van der Waals surface area contributed by atoms with Gasteiger partial charge in [-0.25, -0.2) is 13.8 Å². The number of hydrogen-bond acceptors (Lipinski definition) is 5. The maximum Gasteiger partial charge on any atom is 0.260 e. The normalized spacial score (nSPS) is 11.4. The SMILES string of the molecule is Cc1ccc(Cl)cc1N(CC(=O)N/N=C\c1ccc(OCc2ccccc2Cl)cc1)S(C)(=O)=O. The van der Waals surface area contributed by atoms with Crippen LogP contribution in [0.1, 0.15) is 16.7 Å². The molecule has 0 heterocycles. The van der Waals surface area contributed by atoms with Gasteiger partial charge < -0.3 is 4.74 Å². The van der Waals surface area contributed by atoms with Crippen LogP contribution in [-0.2, 0) is 21.4 Å². The maximum atomic E-state index is 12.4. The highest BCUT2D eigenvalue weighted by atomic mass is 35.5. The third-order valence-electron chi connectivity index (χ3n) is 4.76. The van der Waals surface area contributed by atoms with Gasteiger partial charge in [0.1, 0.15) is 18.9 Å². The highest BCUT2D eigenvalue weighted by molar-refractivity contribution is 7.92. The second-order valence-corrected chi connectivity index (χ2v) is 10.2. The number of sulfonamides is 1. The maximum absolute atomic E-state index is 12.4. The first-order valence-electron chi connectivity index (χ1n) is 10.2. The third kappa shape index (κ3) is 7.21. The summed E-state index contributed by atoms with van der Waals surface area (Å²) in [6.07, 6.45) is 2.48. The summed E-state index contributed by atoms with van der Waals surface area (Å²) < 4.78 is 31.3. The average Bonchev–Trinajstić information content (AvgIpc) is 2.79. The molecule has 0 fully saturated rings. The third-order valence-corrected chi connectivity index (χ3v) is 6.49. The van der Waals surface area contributed by atoms with Crippen molar-refractivity contribution in [3.8, 4) is 5.75 Å². The van der Waals surface area contributed by atoms with Crippen LogP contribution >= 0.6 is 23.2 Å². The van der Waals surface area contributed by atoms with Gasteiger partial charge in [-0.15, -0.1) is 0 Å². The van der Waals surface area contributed by atoms with Gasteiger partial charge in [0.05, 0.1) is 18.2 Å². The van der Waals surface area contributed by atoms with Crippen LogP contribution in [0.4, 0.5) is 5.69 Å². The Bertz CT molecular complexity index is 1300. The zero-order chi connectivity index (χ0) is 24.7. The molecule has 0 spiro atoms. The summed E-state index contributed by atoms with van der Waals surface area (Å²) in [6.45, 7) is 1.64. The lowest BCUT2D eigenvalue weighted by Gasteiger charge is -2.23. The molecule has 0 bridgehead atoms. The molecule has 0 radical (unpaired) electrons. The lowest BCUT2D eigenvalue weighted by molar-refractivity contribution is -0.119. The number of rotatable bonds is 9. The largest absolute Gasteiger partial charge is 0.489 e. The summed E-state index contributed by atoms with van der Waals surface area (Å²) in [5.74, 6) is 0.0579. The number of aryl methyl sites for hydroxylation is 1. The van der Waals surface area contributed by atoms with Gasteiger partial charge in [0.15, 0.2) is 0 Å². The molecular formula is C24H23Cl2N3O4S. The van der Waals surface area contributed by atoms with Crippen LogP contribution in [0, 0.1) is 6.92 Å². The zero-order valence-electron chi connectivity index (χ0n) is 18.5. The molecule has 3 rings (SSSR count). The molecule has 7 nitrogen and oxygen atoms in total. The van der Waals surface area contributed by atoms with Gasteiger partial charge in [-0.2, -0.15) is 5.10 Å². The van der Waals surface area contributed by atoms with E-state index in [-0.39, 0.29) is 0 Å². The number of amides is 1. The van der Waals surface area contributed by atoms with Crippen LogP contribution in [0.25, 0.3) is 0 Å². The first-order chi connectivity index (χ1) is 16.1. The van der Waals surface area contributed by atoms with Crippen molar-refractivity contribution >= 4 is 51.0 Å². The molecule has 0 saturated heterocycles. The number of anilines is 1. The molecule has 1 N–H and O–H groups in total. The smallest absolute Gasteiger partial charge is 0.260 e. The van der Waals surface area contributed by atoms with Crippen molar-refractivity contribution in [3.63, 3.8) is 0 Å². The highest BCUT2D eigenvalue weighted by Crippen LogP contribution is 2.26. The lowest BCUT2D eigenvalue weighted by atomic mass is 10.2. The van der Waals surface area contributed by atoms with E-state index in [4.69, 9.17) is 27.9 Å². The quantitative estimate of drug-likeness (QED) is 0.325. The fourth-order valence-electron chi connectivity index (χ4n) is 3.00. The van der Waals surface area contributed by atoms with Crippen molar-refractivity contribution in [2.75, 3.05) is 17.1 Å². The number of ether oxygens (including phenoxy) is 1. The molecule has 1 amide bonds. The molecule has 0 aliphatic rings. The fourth-order valence-corrected chi connectivity index (χ4v) is 4.27. The Balaban J connectivity index is 1.58. The van der Waals surface area contributed by atoms with Crippen molar-refractivity contribution < 1.29 is 17.9 Å². The van der Waals surface area contributed by atoms with Gasteiger partial charge in [-0.1, -0.05) is 47.5 Å². The highest BCUT2D eigenvalue weighted by Gasteiger charge is 2.22. The van der Waals surface area contributed by atoms with Gasteiger partial charge in [0.2, 0.25) is 10.0 Å². The number of halogens is 2. The Labute approximate surface area is 209 Å². The predicted molar refractivity (Wildman–Crippen MR) is 136 cm³/mol. The summed E-state index contributed by atoms with van der Waals surface area (Å²) in [5, 5.41) is 4.92. The van der Waals surface area contributed by atoms with E-state index in [2.05, 4.69) is 10.5 Å². The molecule has 3 aromatic carbocycles. The van der Waals surface area contributed by atoms with Crippen LogP contribution in [0.2, 0.25) is 10.0 Å². The minimum atomic E-state index is -3.72. The molecular weight excluding hydrogens is 497 g/mol. The fraction of sp³-hybridized carbons (Fsp3) is 0.167. The summed E-state index contributed by atoms with van der Waals surface area (Å²) in [7, 11) is -3.72. The Morgan fingerprint density at radius 3 is 2.47 bits per heavy atom. The Hall–Kier alpha value is -3.07. The number of benzene rings is 3. The standard InChI is InChI=1S/C24H23Cl2N3O4S/c1-17-7-10-20(25)13-23(17)29(34(2,31)32)15-24(30)28-27-14-18-8-11-21(12-9-18)33-16-19-5-3-4-6-22(19)26/h3-14H,15-16H2,1-2H3,(H,28,30)/b27-14-. The van der Waals surface area contributed by atoms with E-state index in [1.807, 2.05) is 18.2 Å². The zero-order valence-corrected chi connectivity index (χ0v) is 20.9. The van der Waals surface area contributed by atoms with Gasteiger partial charge in [0, 0.05) is 15.6 Å². The van der Waals surface area contributed by atoms with Crippen molar-refractivity contribution in [1.82, 2.24) is 5.43 Å². The Morgan fingerprint density at radius 2 is 1.79 bits per heavy atom. The van der Waals surface area contributed by atoms with Gasteiger partial charge in [-0.05, 0) is 60.5 Å². The van der Waals surface area contributed by atoms with E-state index >= 15 is 0 Å². The molecule has 0 atom stereocenters. The average molecular weight is 520 g/mol. The van der Waals surface area contributed by atoms with Crippen molar-refractivity contribution in [1.29, 1.82) is 0 Å². The van der Waals surface area contributed by atoms with Crippen LogP contribution in [0.5, 0.6) is 5.75 Å². The van der Waals surface area contributed by atoms with E-state index < -0.39 is 22.5 Å². The first-order valence-corrected chi connectivity index (χ1v) is 12.8. The molecule has 0 aromatic heterocycles. The monoisotopic (exact) mass is 519 g/mol. The summed E-state index contributed by atoms with van der Waals surface area (Å²) in [5.41, 5.74) is 4.96. The van der Waals surface area contributed by atoms with Crippen LogP contribution in [-0.4, -0.2) is 33.3 Å². The molecule has 0 saturated carbocycles. The van der Waals surface area contributed by atoms with Gasteiger partial charge in [0.25, 0.3) is 5.91 Å². The minimum Gasteiger partial charge on any atom is -0.489 e. The lowest BCUT2D eigenvalue weighted by Crippen LogP contribution is -2.39. The topological polar surface area (TPSA) is 88.1 Å². The van der Waals surface area contributed by atoms with E-state index in [0.717, 1.165) is 21.7 Å². The van der Waals surface area contributed by atoms with Crippen LogP contribution in [0.3, 0.4) is 0 Å². The van der Waals surface area contributed by atoms with Gasteiger partial charge in [-0.3, -0.25) is 9.10 Å². The first kappa shape index (κ1) is 25.6. The van der Waals surface area contributed by atoms with Crippen molar-refractivity contribution in [2.45, 2.75) is 13.5 Å². The number of carbonyl (C=O) groups is 1. The van der Waals surface area contributed by atoms with Crippen molar-refractivity contribution in [2.24, 2.45) is 5.10 Å². The van der Waals surface area contributed by atoms with Crippen molar-refractivity contribution in [3.05, 3.63) is 93.5 Å². The molecule has 34 heavy (non-hydrogen) atoms. The number of nitrogens with one attached hydrogen (secondary N) is 1. The van der Waals surface area contributed by atoms with E-state index in [1.54, 1.807) is 49.4 Å². The predicted octanol–water partition coefficient (Wildman–Crippen LogP) is 4.80. The minimum absolute atomic E-state index is 0.335. The molecule has 178 valence electrons. The van der Waals surface area contributed by atoms with Crippen LogP contribution in [0.15, 0.2) is 71.8 Å². The number of carbonyl (C=O) groups excluding carboxylic acids is 1. The molecule has 0 aliphatic carbocycles. The van der Waals surface area contributed by atoms with Gasteiger partial charge >= 0.3 is 0 Å². The Kier molecular flexibility index (Phi) is 8.55. The van der Waals surface area contributed by atoms with E-state index in [9.17, 15) is 13.2 Å². The molecule has 10 heteroatoms. The number of hydrazone groups is 1. The summed E-state index contributed by atoms with van der Waals surface area (Å²) in [6, 6.07) is 19.4. The van der Waals surface area contributed by atoms with E-state index in [0.29, 0.717) is 33.7 Å². The second kappa shape index (κ2) is 11.4. The number of nitrogens with zero attached hydrogens (tertiary/aromatic N) is 2. The summed E-state index contributed by atoms with van der Waals surface area (Å²) in [4.78, 5) is 12.4. The summed E-state index contributed by atoms with van der Waals surface area (Å²) >= 11 is 12.1. The molecule has 0 aliphatic heterocycles. The van der Waals surface area contributed by atoms with E-state index in [1.165, 1.54) is 12.3 Å². The number of hydrogen-bond donors (Lipinski definition) is 1. The second-order valence-electron chi connectivity index (χ2n) is 7.44. The molecule has 0 unspecified atom stereocenters. The Morgan fingerprint density at radius 1 is 1.09 bits per heavy atom. The molecule has 3 aromatic rings. The van der Waals surface area contributed by atoms with Crippen LogP contribution < -0.4 is 14.5 Å².